The van der Waals surface area contributed by atoms with E-state index in [2.05, 4.69) is 6.92 Å². The highest BCUT2D eigenvalue weighted by atomic mass is 16.5. The van der Waals surface area contributed by atoms with Gasteiger partial charge in [0.25, 0.3) is 0 Å². The maximum absolute atomic E-state index is 12.2. The summed E-state index contributed by atoms with van der Waals surface area (Å²) in [5, 5.41) is 31.3. The predicted octanol–water partition coefficient (Wildman–Crippen LogP) is 7.27. The van der Waals surface area contributed by atoms with Gasteiger partial charge in [0.2, 0.25) is 0 Å². The fourth-order valence-electron chi connectivity index (χ4n) is 6.28. The number of aliphatic hydroxyl groups is 3. The van der Waals surface area contributed by atoms with E-state index < -0.39 is 18.3 Å². The molecule has 1 unspecified atom stereocenters. The highest BCUT2D eigenvalue weighted by Gasteiger charge is 2.34. The quantitative estimate of drug-likeness (QED) is 0.0713. The number of rotatable bonds is 26. The molecule has 0 spiro atoms. The van der Waals surface area contributed by atoms with Crippen molar-refractivity contribution in [3.05, 3.63) is 11.6 Å². The lowest BCUT2D eigenvalue weighted by molar-refractivity contribution is -0.139. The maximum atomic E-state index is 12.2. The number of carbonyl (C=O) groups excluding carboxylic acids is 2. The third-order valence-electron chi connectivity index (χ3n) is 8.94. The zero-order chi connectivity index (χ0) is 30.6. The fourth-order valence-corrected chi connectivity index (χ4v) is 6.28. The third-order valence-corrected chi connectivity index (χ3v) is 8.94. The highest BCUT2D eigenvalue weighted by molar-refractivity contribution is 5.90. The van der Waals surface area contributed by atoms with Crippen LogP contribution in [0.1, 0.15) is 162 Å². The molecule has 6 atom stereocenters. The first-order valence-corrected chi connectivity index (χ1v) is 17.4. The Hall–Kier alpha value is -1.28. The molecule has 0 aliphatic carbocycles. The number of unbranched alkanes of at least 4 members (excludes halogenated alkanes) is 12. The van der Waals surface area contributed by atoms with Crippen molar-refractivity contribution >= 4 is 11.8 Å². The second-order valence-electron chi connectivity index (χ2n) is 12.9. The van der Waals surface area contributed by atoms with Gasteiger partial charge in [0, 0.05) is 24.8 Å². The van der Waals surface area contributed by atoms with Crippen LogP contribution in [0, 0.1) is 0 Å². The summed E-state index contributed by atoms with van der Waals surface area (Å²) in [7, 11) is 0. The number of cyclic esters (lactones) is 1. The molecule has 0 saturated carbocycles. The largest absolute Gasteiger partial charge is 0.455 e. The van der Waals surface area contributed by atoms with Crippen molar-refractivity contribution < 1.29 is 34.4 Å². The smallest absolute Gasteiger partial charge is 0.334 e. The molecule has 2 heterocycles. The van der Waals surface area contributed by atoms with Crippen LogP contribution in [0.25, 0.3) is 0 Å². The zero-order valence-electron chi connectivity index (χ0n) is 26.8. The lowest BCUT2D eigenvalue weighted by atomic mass is 9.99. The van der Waals surface area contributed by atoms with Crippen molar-refractivity contribution in [3.8, 4) is 0 Å². The van der Waals surface area contributed by atoms with Crippen molar-refractivity contribution in [1.29, 1.82) is 0 Å². The molecule has 0 aromatic carbocycles. The molecular formula is C35H62O7. The molecule has 0 amide bonds. The molecule has 0 aromatic heterocycles. The Bertz CT molecular complexity index is 766. The number of Topliss-reactive ketones (excluding diaryl/α,β-unsaturated/α-hetero) is 1. The summed E-state index contributed by atoms with van der Waals surface area (Å²) < 4.78 is 11.1. The second kappa shape index (κ2) is 22.3. The summed E-state index contributed by atoms with van der Waals surface area (Å²) >= 11 is 0. The molecule has 7 heteroatoms. The number of ketones is 1. The van der Waals surface area contributed by atoms with Gasteiger partial charge in [-0.2, -0.15) is 0 Å². The minimum atomic E-state index is -0.553. The maximum Gasteiger partial charge on any atom is 0.334 e. The van der Waals surface area contributed by atoms with Crippen molar-refractivity contribution in [2.24, 2.45) is 0 Å². The first-order chi connectivity index (χ1) is 20.3. The van der Waals surface area contributed by atoms with Gasteiger partial charge in [-0.15, -0.1) is 0 Å². The van der Waals surface area contributed by atoms with Gasteiger partial charge in [-0.3, -0.25) is 4.79 Å². The van der Waals surface area contributed by atoms with Gasteiger partial charge in [0.05, 0.1) is 30.5 Å². The van der Waals surface area contributed by atoms with Crippen LogP contribution in [-0.2, 0) is 19.1 Å². The van der Waals surface area contributed by atoms with Gasteiger partial charge in [-0.1, -0.05) is 90.4 Å². The summed E-state index contributed by atoms with van der Waals surface area (Å²) in [6, 6.07) is 0. The van der Waals surface area contributed by atoms with E-state index in [1.54, 1.807) is 6.08 Å². The summed E-state index contributed by atoms with van der Waals surface area (Å²) in [5.74, 6) is -0.0709. The first-order valence-electron chi connectivity index (χ1n) is 17.4. The molecule has 0 bridgehead atoms. The molecule has 0 radical (unpaired) electrons. The van der Waals surface area contributed by atoms with E-state index in [9.17, 15) is 24.9 Å². The normalized spacial score (nSPS) is 22.6. The van der Waals surface area contributed by atoms with Gasteiger partial charge in [-0.05, 0) is 57.9 Å². The molecule has 1 fully saturated rings. The van der Waals surface area contributed by atoms with Gasteiger partial charge in [0.1, 0.15) is 11.9 Å². The van der Waals surface area contributed by atoms with Gasteiger partial charge in [0.15, 0.2) is 0 Å². The third kappa shape index (κ3) is 16.0. The van der Waals surface area contributed by atoms with Crippen molar-refractivity contribution in [3.63, 3.8) is 0 Å². The van der Waals surface area contributed by atoms with Crippen LogP contribution in [0.2, 0.25) is 0 Å². The average molecular weight is 595 g/mol. The summed E-state index contributed by atoms with van der Waals surface area (Å²) in [6.07, 6.45) is 21.6. The molecular weight excluding hydrogens is 532 g/mol. The lowest BCUT2D eigenvalue weighted by Gasteiger charge is -2.22. The molecule has 42 heavy (non-hydrogen) atoms. The number of ether oxygens (including phenoxy) is 2. The Morgan fingerprint density at radius 2 is 1.24 bits per heavy atom. The van der Waals surface area contributed by atoms with Crippen LogP contribution in [0.5, 0.6) is 0 Å². The molecule has 2 rings (SSSR count). The average Bonchev–Trinajstić information content (AvgIpc) is 3.58. The lowest BCUT2D eigenvalue weighted by Crippen LogP contribution is -2.31. The molecule has 0 aromatic rings. The topological polar surface area (TPSA) is 113 Å². The Balaban J connectivity index is 1.41. The fraction of sp³-hybridized carbons (Fsp3) is 0.886. The number of carbonyl (C=O) groups is 2. The highest BCUT2D eigenvalue weighted by Crippen LogP contribution is 2.28. The Morgan fingerprint density at radius 3 is 1.79 bits per heavy atom. The predicted molar refractivity (Wildman–Crippen MR) is 167 cm³/mol. The van der Waals surface area contributed by atoms with E-state index in [1.165, 1.54) is 57.8 Å². The zero-order valence-corrected chi connectivity index (χ0v) is 26.8. The van der Waals surface area contributed by atoms with Crippen LogP contribution < -0.4 is 0 Å². The van der Waals surface area contributed by atoms with E-state index in [0.29, 0.717) is 37.7 Å². The van der Waals surface area contributed by atoms with Crippen molar-refractivity contribution in [2.45, 2.75) is 198 Å². The molecule has 1 saturated heterocycles. The van der Waals surface area contributed by atoms with Crippen LogP contribution in [0.3, 0.4) is 0 Å². The molecule has 244 valence electrons. The summed E-state index contributed by atoms with van der Waals surface area (Å²) in [6.45, 7) is 4.06. The Labute approximate surface area is 255 Å². The van der Waals surface area contributed by atoms with E-state index in [0.717, 1.165) is 57.8 Å². The summed E-state index contributed by atoms with van der Waals surface area (Å²) in [4.78, 5) is 23.9. The van der Waals surface area contributed by atoms with E-state index in [1.807, 2.05) is 6.92 Å². The van der Waals surface area contributed by atoms with Crippen LogP contribution in [0.4, 0.5) is 0 Å². The number of hydrogen-bond acceptors (Lipinski definition) is 7. The first kappa shape index (κ1) is 36.9. The summed E-state index contributed by atoms with van der Waals surface area (Å²) in [5.41, 5.74) is 0.562. The molecule has 2 aliphatic rings. The van der Waals surface area contributed by atoms with Gasteiger partial charge >= 0.3 is 5.97 Å². The SMILES string of the molecule is CCCCCCCCCCCC[C@@H](O)[C@H]1CCC([C@H](O)CCCCC(=O)CCCCC[C@@H](O)CC2=C[C@H](C)OC2=O)O1. The van der Waals surface area contributed by atoms with E-state index in [-0.39, 0.29) is 30.1 Å². The molecule has 3 N–H and O–H groups in total. The van der Waals surface area contributed by atoms with Crippen molar-refractivity contribution in [1.82, 2.24) is 0 Å². The molecule has 2 aliphatic heterocycles. The standard InChI is InChI=1S/C35H62O7/c1-3-4-5-6-7-8-9-10-11-15-21-31(38)33-23-24-34(42-33)32(39)22-17-16-19-29(36)18-13-12-14-20-30(37)26-28-25-27(2)41-35(28)40/h25,27,30-34,37-39H,3-24,26H2,1-2H3/t27-,30+,31+,32+,33+,34?/m0/s1. The van der Waals surface area contributed by atoms with E-state index in [4.69, 9.17) is 9.47 Å². The Kier molecular flexibility index (Phi) is 19.6. The second-order valence-corrected chi connectivity index (χ2v) is 12.9. The minimum Gasteiger partial charge on any atom is -0.455 e. The number of hydrogen-bond donors (Lipinski definition) is 3. The van der Waals surface area contributed by atoms with Gasteiger partial charge in [-0.25, -0.2) is 4.79 Å². The van der Waals surface area contributed by atoms with E-state index >= 15 is 0 Å². The molecule has 7 nitrogen and oxygen atoms in total. The minimum absolute atomic E-state index is 0.161. The number of esters is 1. The van der Waals surface area contributed by atoms with Crippen molar-refractivity contribution in [2.75, 3.05) is 0 Å². The van der Waals surface area contributed by atoms with Crippen LogP contribution in [-0.4, -0.2) is 63.7 Å². The van der Waals surface area contributed by atoms with Crippen LogP contribution in [0.15, 0.2) is 11.6 Å². The van der Waals surface area contributed by atoms with Gasteiger partial charge < -0.3 is 24.8 Å². The van der Waals surface area contributed by atoms with Crippen LogP contribution >= 0.6 is 0 Å². The Morgan fingerprint density at radius 1 is 0.762 bits per heavy atom. The monoisotopic (exact) mass is 594 g/mol. The number of aliphatic hydroxyl groups excluding tert-OH is 3.